The van der Waals surface area contributed by atoms with Gasteiger partial charge in [0.2, 0.25) is 0 Å². The highest BCUT2D eigenvalue weighted by Gasteiger charge is 2.28. The maximum Gasteiger partial charge on any atom is 0.274 e. The summed E-state index contributed by atoms with van der Waals surface area (Å²) in [5.41, 5.74) is 0.543. The molecule has 3 heterocycles. The van der Waals surface area contributed by atoms with Crippen molar-refractivity contribution < 1.29 is 4.79 Å². The first-order valence-electron chi connectivity index (χ1n) is 8.06. The third-order valence-electron chi connectivity index (χ3n) is 4.35. The van der Waals surface area contributed by atoms with Gasteiger partial charge >= 0.3 is 0 Å². The van der Waals surface area contributed by atoms with Gasteiger partial charge in [-0.3, -0.25) is 9.48 Å². The third kappa shape index (κ3) is 2.77. The minimum Gasteiger partial charge on any atom is -0.337 e. The van der Waals surface area contributed by atoms with Crippen LogP contribution in [0.3, 0.4) is 0 Å². The summed E-state index contributed by atoms with van der Waals surface area (Å²) in [7, 11) is 0. The van der Waals surface area contributed by atoms with Crippen LogP contribution in [0.4, 0.5) is 0 Å². The normalized spacial score (nSPS) is 18.6. The molecule has 0 radical (unpaired) electrons. The van der Waals surface area contributed by atoms with Gasteiger partial charge in [-0.1, -0.05) is 0 Å². The van der Waals surface area contributed by atoms with Crippen LogP contribution in [-0.2, 0) is 13.1 Å². The zero-order valence-corrected chi connectivity index (χ0v) is 13.3. The molecule has 0 saturated carbocycles. The van der Waals surface area contributed by atoms with Gasteiger partial charge < -0.3 is 9.47 Å². The van der Waals surface area contributed by atoms with E-state index in [4.69, 9.17) is 0 Å². The van der Waals surface area contributed by atoms with Crippen LogP contribution >= 0.6 is 0 Å². The Labute approximate surface area is 130 Å². The number of piperidine rings is 1. The molecule has 1 atom stereocenters. The van der Waals surface area contributed by atoms with Crippen molar-refractivity contribution in [2.75, 3.05) is 13.1 Å². The number of carbonyl (C=O) groups is 1. The lowest BCUT2D eigenvalue weighted by molar-refractivity contribution is 0.0696. The minimum atomic E-state index is 0.0338. The number of amides is 1. The van der Waals surface area contributed by atoms with E-state index < -0.39 is 0 Å². The van der Waals surface area contributed by atoms with E-state index in [0.717, 1.165) is 44.8 Å². The molecule has 1 aliphatic heterocycles. The fourth-order valence-corrected chi connectivity index (χ4v) is 3.13. The Bertz CT molecular complexity index is 645. The number of aryl methyl sites for hydroxylation is 2. The largest absolute Gasteiger partial charge is 0.337 e. The summed E-state index contributed by atoms with van der Waals surface area (Å²) in [5, 5.41) is 4.33. The van der Waals surface area contributed by atoms with Crippen LogP contribution in [0.2, 0.25) is 0 Å². The second kappa shape index (κ2) is 6.34. The topological polar surface area (TPSA) is 56.0 Å². The molecular weight excluding hydrogens is 278 g/mol. The molecule has 1 saturated heterocycles. The third-order valence-corrected chi connectivity index (χ3v) is 4.35. The zero-order chi connectivity index (χ0) is 15.5. The van der Waals surface area contributed by atoms with Crippen molar-refractivity contribution in [3.63, 3.8) is 0 Å². The number of imidazole rings is 1. The standard InChI is InChI=1S/C16H23N5O/c1-3-19-11-8-17-15(19)13-6-5-9-20(12-13)16(22)14-7-10-21(4-2)18-14/h7-8,10-11,13H,3-6,9,12H2,1-2H3/t13-/m1/s1. The van der Waals surface area contributed by atoms with Crippen molar-refractivity contribution >= 4 is 5.91 Å². The summed E-state index contributed by atoms with van der Waals surface area (Å²) in [6.45, 7) is 7.37. The molecule has 1 fully saturated rings. The van der Waals surface area contributed by atoms with Crippen LogP contribution in [0, 0.1) is 0 Å². The van der Waals surface area contributed by atoms with Crippen molar-refractivity contribution in [3.05, 3.63) is 36.2 Å². The van der Waals surface area contributed by atoms with E-state index in [1.807, 2.05) is 36.5 Å². The van der Waals surface area contributed by atoms with E-state index in [-0.39, 0.29) is 5.91 Å². The summed E-state index contributed by atoms with van der Waals surface area (Å²) >= 11 is 0. The Hall–Kier alpha value is -2.11. The average Bonchev–Trinajstić information content (AvgIpc) is 3.23. The molecule has 1 amide bonds. The number of hydrogen-bond donors (Lipinski definition) is 0. The van der Waals surface area contributed by atoms with Crippen molar-refractivity contribution in [1.29, 1.82) is 0 Å². The van der Waals surface area contributed by atoms with Crippen molar-refractivity contribution in [3.8, 4) is 0 Å². The second-order valence-corrected chi connectivity index (χ2v) is 5.72. The second-order valence-electron chi connectivity index (χ2n) is 5.72. The predicted octanol–water partition coefficient (Wildman–Crippen LogP) is 2.14. The molecule has 2 aromatic heterocycles. The average molecular weight is 301 g/mol. The van der Waals surface area contributed by atoms with E-state index in [0.29, 0.717) is 11.6 Å². The van der Waals surface area contributed by atoms with E-state index >= 15 is 0 Å². The van der Waals surface area contributed by atoms with Gasteiger partial charge in [0.15, 0.2) is 0 Å². The van der Waals surface area contributed by atoms with E-state index in [2.05, 4.69) is 21.6 Å². The van der Waals surface area contributed by atoms with Crippen LogP contribution in [0.1, 0.15) is 48.9 Å². The molecular formula is C16H23N5O. The molecule has 22 heavy (non-hydrogen) atoms. The van der Waals surface area contributed by atoms with Gasteiger partial charge in [-0.05, 0) is 32.8 Å². The maximum atomic E-state index is 12.6. The van der Waals surface area contributed by atoms with Crippen LogP contribution in [0.25, 0.3) is 0 Å². The number of nitrogens with zero attached hydrogens (tertiary/aromatic N) is 5. The van der Waals surface area contributed by atoms with Gasteiger partial charge in [0, 0.05) is 50.7 Å². The van der Waals surface area contributed by atoms with Crippen molar-refractivity contribution in [1.82, 2.24) is 24.2 Å². The van der Waals surface area contributed by atoms with Crippen molar-refractivity contribution in [2.24, 2.45) is 0 Å². The SMILES string of the molecule is CCn1ccc(C(=O)N2CCC[C@@H](c3nccn3CC)C2)n1. The molecule has 6 heteroatoms. The molecule has 2 aromatic rings. The molecule has 0 aromatic carbocycles. The van der Waals surface area contributed by atoms with Crippen LogP contribution in [0.5, 0.6) is 0 Å². The number of likely N-dealkylation sites (tertiary alicyclic amines) is 1. The molecule has 1 aliphatic rings. The molecule has 0 aliphatic carbocycles. The first-order chi connectivity index (χ1) is 10.7. The minimum absolute atomic E-state index is 0.0338. The monoisotopic (exact) mass is 301 g/mol. The Morgan fingerprint density at radius 2 is 2.18 bits per heavy atom. The number of rotatable bonds is 4. The lowest BCUT2D eigenvalue weighted by Gasteiger charge is -2.32. The maximum absolute atomic E-state index is 12.6. The summed E-state index contributed by atoms with van der Waals surface area (Å²) in [4.78, 5) is 19.0. The van der Waals surface area contributed by atoms with Crippen LogP contribution < -0.4 is 0 Å². The van der Waals surface area contributed by atoms with E-state index in [9.17, 15) is 4.79 Å². The lowest BCUT2D eigenvalue weighted by Crippen LogP contribution is -2.40. The van der Waals surface area contributed by atoms with Gasteiger partial charge in [0.05, 0.1) is 0 Å². The van der Waals surface area contributed by atoms with Gasteiger partial charge in [-0.15, -0.1) is 0 Å². The summed E-state index contributed by atoms with van der Waals surface area (Å²) in [5.74, 6) is 1.45. The van der Waals surface area contributed by atoms with Gasteiger partial charge in [0.1, 0.15) is 11.5 Å². The lowest BCUT2D eigenvalue weighted by atomic mass is 9.97. The Kier molecular flexibility index (Phi) is 4.27. The fourth-order valence-electron chi connectivity index (χ4n) is 3.13. The highest BCUT2D eigenvalue weighted by atomic mass is 16.2. The highest BCUT2D eigenvalue weighted by Crippen LogP contribution is 2.26. The van der Waals surface area contributed by atoms with E-state index in [1.54, 1.807) is 4.68 Å². The summed E-state index contributed by atoms with van der Waals surface area (Å²) < 4.78 is 3.96. The van der Waals surface area contributed by atoms with Gasteiger partial charge in [-0.25, -0.2) is 4.98 Å². The zero-order valence-electron chi connectivity index (χ0n) is 13.3. The quantitative estimate of drug-likeness (QED) is 0.869. The molecule has 0 N–H and O–H groups in total. The Morgan fingerprint density at radius 1 is 1.32 bits per heavy atom. The molecule has 0 unspecified atom stereocenters. The Morgan fingerprint density at radius 3 is 2.91 bits per heavy atom. The first-order valence-corrected chi connectivity index (χ1v) is 8.06. The number of aromatic nitrogens is 4. The highest BCUT2D eigenvalue weighted by molar-refractivity contribution is 5.92. The number of carbonyl (C=O) groups excluding carboxylic acids is 1. The summed E-state index contributed by atoms with van der Waals surface area (Å²) in [6, 6.07) is 1.81. The predicted molar refractivity (Wildman–Crippen MR) is 83.7 cm³/mol. The molecule has 3 rings (SSSR count). The van der Waals surface area contributed by atoms with Crippen LogP contribution in [0.15, 0.2) is 24.7 Å². The van der Waals surface area contributed by atoms with Gasteiger partial charge in [0.25, 0.3) is 5.91 Å². The molecule has 0 bridgehead atoms. The summed E-state index contributed by atoms with van der Waals surface area (Å²) in [6.07, 6.45) is 7.83. The number of hydrogen-bond acceptors (Lipinski definition) is 3. The molecule has 6 nitrogen and oxygen atoms in total. The van der Waals surface area contributed by atoms with Crippen LogP contribution in [-0.4, -0.2) is 43.2 Å². The fraction of sp³-hybridized carbons (Fsp3) is 0.562. The van der Waals surface area contributed by atoms with E-state index in [1.165, 1.54) is 0 Å². The Balaban J connectivity index is 1.74. The smallest absolute Gasteiger partial charge is 0.274 e. The van der Waals surface area contributed by atoms with Gasteiger partial charge in [-0.2, -0.15) is 5.10 Å². The molecule has 0 spiro atoms. The first kappa shape index (κ1) is 14.8. The molecule has 118 valence electrons. The van der Waals surface area contributed by atoms with Crippen molar-refractivity contribution in [2.45, 2.75) is 45.7 Å².